The highest BCUT2D eigenvalue weighted by Crippen LogP contribution is 2.52. The molecule has 7 atom stereocenters. The Balaban J connectivity index is 1.44. The van der Waals surface area contributed by atoms with Gasteiger partial charge in [0.1, 0.15) is 0 Å². The van der Waals surface area contributed by atoms with E-state index in [1.165, 1.54) is 10.4 Å². The Kier molecular flexibility index (Phi) is 9.55. The van der Waals surface area contributed by atoms with Crippen LogP contribution in [0.1, 0.15) is 80.6 Å². The standard InChI is InChI=1S/C36H51IO4Si/c1-8-29(25-38-42(33(4,5)6,30-16-11-9-12-17-30)31-18-13-10-14-19-31)32-27(2)24-28(3)36(39-32)21-15-20-35(41-36)23-22-34(7,26-37)40-35/h9-19,21,27-29,32H,8,20,22-26H2,1-7H3/t27-,28+,29-,32-,34-,35+,36+/m0/s1. The zero-order valence-electron chi connectivity index (χ0n) is 26.7. The first-order valence-electron chi connectivity index (χ1n) is 16.0. The monoisotopic (exact) mass is 702 g/mol. The van der Waals surface area contributed by atoms with Crippen LogP contribution in [0.3, 0.4) is 0 Å². The molecule has 3 aliphatic rings. The Morgan fingerprint density at radius 1 is 0.976 bits per heavy atom. The third-order valence-corrected chi connectivity index (χ3v) is 16.7. The zero-order valence-corrected chi connectivity index (χ0v) is 29.9. The quantitative estimate of drug-likeness (QED) is 0.121. The van der Waals surface area contributed by atoms with Gasteiger partial charge in [-0.2, -0.15) is 0 Å². The van der Waals surface area contributed by atoms with E-state index in [9.17, 15) is 0 Å². The van der Waals surface area contributed by atoms with Gasteiger partial charge in [0, 0.05) is 35.7 Å². The van der Waals surface area contributed by atoms with Crippen molar-refractivity contribution < 1.29 is 18.6 Å². The highest BCUT2D eigenvalue weighted by atomic mass is 127. The molecule has 0 N–H and O–H groups in total. The van der Waals surface area contributed by atoms with Crippen molar-refractivity contribution in [2.45, 2.75) is 109 Å². The van der Waals surface area contributed by atoms with Crippen LogP contribution in [-0.4, -0.2) is 42.6 Å². The van der Waals surface area contributed by atoms with E-state index >= 15 is 0 Å². The number of ether oxygens (including phenoxy) is 3. The van der Waals surface area contributed by atoms with E-state index in [0.717, 1.165) is 36.5 Å². The van der Waals surface area contributed by atoms with Crippen molar-refractivity contribution >= 4 is 41.3 Å². The molecule has 0 aliphatic carbocycles. The predicted molar refractivity (Wildman–Crippen MR) is 183 cm³/mol. The van der Waals surface area contributed by atoms with Crippen molar-refractivity contribution in [2.75, 3.05) is 11.0 Å². The van der Waals surface area contributed by atoms with Gasteiger partial charge in [-0.1, -0.05) is 131 Å². The lowest BCUT2D eigenvalue weighted by atomic mass is 9.78. The average molecular weight is 703 g/mol. The Morgan fingerprint density at radius 3 is 2.12 bits per heavy atom. The summed E-state index contributed by atoms with van der Waals surface area (Å²) < 4.78 is 29.3. The van der Waals surface area contributed by atoms with Crippen LogP contribution in [0, 0.1) is 17.8 Å². The minimum atomic E-state index is -2.64. The molecule has 0 amide bonds. The van der Waals surface area contributed by atoms with Gasteiger partial charge < -0.3 is 18.6 Å². The maximum Gasteiger partial charge on any atom is 0.261 e. The second-order valence-corrected chi connectivity index (χ2v) is 19.4. The van der Waals surface area contributed by atoms with Gasteiger partial charge in [0.05, 0.1) is 11.7 Å². The normalized spacial score (nSPS) is 34.2. The van der Waals surface area contributed by atoms with Crippen molar-refractivity contribution in [3.05, 3.63) is 72.8 Å². The number of benzene rings is 2. The zero-order chi connectivity index (χ0) is 30.2. The number of hydrogen-bond donors (Lipinski definition) is 0. The molecule has 2 fully saturated rings. The Hall–Kier alpha value is -1.03. The molecule has 3 heterocycles. The lowest BCUT2D eigenvalue weighted by molar-refractivity contribution is -0.388. The summed E-state index contributed by atoms with van der Waals surface area (Å²) in [5.41, 5.74) is -0.146. The van der Waals surface area contributed by atoms with E-state index in [1.807, 2.05) is 0 Å². The molecule has 2 saturated heterocycles. The molecule has 0 aromatic heterocycles. The number of halogens is 1. The topological polar surface area (TPSA) is 36.9 Å². The van der Waals surface area contributed by atoms with E-state index in [1.54, 1.807) is 0 Å². The lowest BCUT2D eigenvalue weighted by Crippen LogP contribution is -2.67. The second kappa shape index (κ2) is 12.4. The lowest BCUT2D eigenvalue weighted by Gasteiger charge is -2.53. The number of rotatable bonds is 8. The molecular weight excluding hydrogens is 651 g/mol. The van der Waals surface area contributed by atoms with Crippen LogP contribution in [0.2, 0.25) is 5.04 Å². The highest BCUT2D eigenvalue weighted by molar-refractivity contribution is 14.1. The predicted octanol–water partition coefficient (Wildman–Crippen LogP) is 8.02. The van der Waals surface area contributed by atoms with Crippen molar-refractivity contribution in [1.82, 2.24) is 0 Å². The molecule has 0 unspecified atom stereocenters. The largest absolute Gasteiger partial charge is 0.407 e. The summed E-state index contributed by atoms with van der Waals surface area (Å²) in [6.07, 6.45) is 9.21. The smallest absolute Gasteiger partial charge is 0.261 e. The summed E-state index contributed by atoms with van der Waals surface area (Å²) in [6, 6.07) is 21.9. The fourth-order valence-electron chi connectivity index (χ4n) is 7.71. The number of alkyl halides is 1. The van der Waals surface area contributed by atoms with Crippen LogP contribution in [0.25, 0.3) is 0 Å². The highest BCUT2D eigenvalue weighted by Gasteiger charge is 2.57. The third kappa shape index (κ3) is 5.97. The van der Waals surface area contributed by atoms with E-state index in [-0.39, 0.29) is 28.6 Å². The van der Waals surface area contributed by atoms with Gasteiger partial charge in [-0.3, -0.25) is 0 Å². The van der Waals surface area contributed by atoms with Gasteiger partial charge in [0.15, 0.2) is 11.6 Å². The molecule has 0 saturated carbocycles. The van der Waals surface area contributed by atoms with Crippen LogP contribution in [0.5, 0.6) is 0 Å². The summed E-state index contributed by atoms with van der Waals surface area (Å²) in [4.78, 5) is 0. The van der Waals surface area contributed by atoms with Gasteiger partial charge in [-0.05, 0) is 53.6 Å². The first-order chi connectivity index (χ1) is 19.9. The van der Waals surface area contributed by atoms with E-state index in [2.05, 4.69) is 144 Å². The third-order valence-electron chi connectivity index (χ3n) is 10.1. The van der Waals surface area contributed by atoms with Gasteiger partial charge in [-0.25, -0.2) is 0 Å². The molecule has 4 nitrogen and oxygen atoms in total. The van der Waals surface area contributed by atoms with Crippen LogP contribution in [0.15, 0.2) is 72.8 Å². The summed E-state index contributed by atoms with van der Waals surface area (Å²) in [7, 11) is -2.64. The second-order valence-electron chi connectivity index (χ2n) is 14.4. The fraction of sp³-hybridized carbons (Fsp3) is 0.611. The Morgan fingerprint density at radius 2 is 1.60 bits per heavy atom. The van der Waals surface area contributed by atoms with Gasteiger partial charge >= 0.3 is 0 Å². The van der Waals surface area contributed by atoms with Crippen molar-refractivity contribution in [2.24, 2.45) is 17.8 Å². The molecule has 42 heavy (non-hydrogen) atoms. The maximum atomic E-state index is 7.43. The summed E-state index contributed by atoms with van der Waals surface area (Å²) in [5, 5.41) is 2.58. The van der Waals surface area contributed by atoms with Crippen LogP contribution >= 0.6 is 22.6 Å². The molecular formula is C36H51IO4Si. The molecule has 0 radical (unpaired) electrons. The minimum absolute atomic E-state index is 0.0292. The van der Waals surface area contributed by atoms with Gasteiger partial charge in [0.2, 0.25) is 0 Å². The van der Waals surface area contributed by atoms with Crippen molar-refractivity contribution in [1.29, 1.82) is 0 Å². The number of hydrogen-bond acceptors (Lipinski definition) is 4. The van der Waals surface area contributed by atoms with Crippen molar-refractivity contribution in [3.8, 4) is 0 Å². The molecule has 0 bridgehead atoms. The average Bonchev–Trinajstić information content (AvgIpc) is 3.29. The van der Waals surface area contributed by atoms with Gasteiger partial charge in [0.25, 0.3) is 8.32 Å². The van der Waals surface area contributed by atoms with Gasteiger partial charge in [-0.15, -0.1) is 0 Å². The minimum Gasteiger partial charge on any atom is -0.407 e. The van der Waals surface area contributed by atoms with E-state index < -0.39 is 19.9 Å². The van der Waals surface area contributed by atoms with Crippen molar-refractivity contribution in [3.63, 3.8) is 0 Å². The van der Waals surface area contributed by atoms with E-state index in [4.69, 9.17) is 18.6 Å². The molecule has 6 heteroatoms. The fourth-order valence-corrected chi connectivity index (χ4v) is 12.9. The molecule has 3 aliphatic heterocycles. The molecule has 5 rings (SSSR count). The SMILES string of the molecule is CC[C@@H](CO[Si](c1ccccc1)(c1ccccc1)C(C)(C)C)[C@H]1O[C@@]2(C=CC[C@]3(CC[C@@](C)(CI)O3)O2)[C@H](C)C[C@@H]1C. The molecule has 2 aromatic rings. The first kappa shape index (κ1) is 32.4. The van der Waals surface area contributed by atoms with Crippen LogP contribution in [0.4, 0.5) is 0 Å². The maximum absolute atomic E-state index is 7.43. The summed E-state index contributed by atoms with van der Waals surface area (Å²) in [6.45, 7) is 16.8. The summed E-state index contributed by atoms with van der Waals surface area (Å²) in [5.74, 6) is -0.484. The van der Waals surface area contributed by atoms with E-state index in [0.29, 0.717) is 12.5 Å². The first-order valence-corrected chi connectivity index (χ1v) is 19.4. The molecule has 2 spiro atoms. The van der Waals surface area contributed by atoms with Crippen LogP contribution in [-0.2, 0) is 18.6 Å². The summed E-state index contributed by atoms with van der Waals surface area (Å²) >= 11 is 2.44. The molecule has 2 aromatic carbocycles. The Labute approximate surface area is 269 Å². The molecule has 230 valence electrons. The Bertz CT molecular complexity index is 1180. The van der Waals surface area contributed by atoms with Crippen LogP contribution < -0.4 is 10.4 Å².